The molecular weight excluding hydrogens is 402 g/mol. The van der Waals surface area contributed by atoms with Crippen molar-refractivity contribution in [1.82, 2.24) is 4.98 Å². The monoisotopic (exact) mass is 419 g/mol. The second-order valence-electron chi connectivity index (χ2n) is 6.84. The molecule has 9 nitrogen and oxygen atoms in total. The van der Waals surface area contributed by atoms with E-state index in [1.807, 2.05) is 0 Å². The molecule has 0 bridgehead atoms. The molecule has 9 heteroatoms. The van der Waals surface area contributed by atoms with E-state index in [9.17, 15) is 29.8 Å². The van der Waals surface area contributed by atoms with Gasteiger partial charge < -0.3 is 0 Å². The highest BCUT2D eigenvalue weighted by Gasteiger charge is 2.22. The molecule has 2 aromatic carbocycles. The predicted octanol–water partition coefficient (Wildman–Crippen LogP) is 4.53. The smallest absolute Gasteiger partial charge is 0.269 e. The van der Waals surface area contributed by atoms with Crippen LogP contribution in [0, 0.1) is 20.2 Å². The van der Waals surface area contributed by atoms with E-state index in [1.165, 1.54) is 48.5 Å². The van der Waals surface area contributed by atoms with Gasteiger partial charge in [0.1, 0.15) is 0 Å². The number of ketones is 2. The maximum Gasteiger partial charge on any atom is 0.269 e. The van der Waals surface area contributed by atoms with E-state index in [2.05, 4.69) is 4.98 Å². The van der Waals surface area contributed by atoms with E-state index in [4.69, 9.17) is 0 Å². The minimum absolute atomic E-state index is 0.0144. The van der Waals surface area contributed by atoms with Gasteiger partial charge in [0.25, 0.3) is 11.4 Å². The Kier molecular flexibility index (Phi) is 6.56. The number of benzene rings is 2. The molecule has 0 unspecified atom stereocenters. The molecule has 31 heavy (non-hydrogen) atoms. The van der Waals surface area contributed by atoms with Crippen molar-refractivity contribution in [3.63, 3.8) is 0 Å². The first-order valence-corrected chi connectivity index (χ1v) is 9.30. The second-order valence-corrected chi connectivity index (χ2v) is 6.84. The summed E-state index contributed by atoms with van der Waals surface area (Å²) in [6, 6.07) is 14.0. The molecule has 1 heterocycles. The van der Waals surface area contributed by atoms with Crippen molar-refractivity contribution < 1.29 is 19.4 Å². The van der Waals surface area contributed by atoms with Gasteiger partial charge in [-0.15, -0.1) is 0 Å². The normalized spacial score (nSPS) is 10.6. The second kappa shape index (κ2) is 9.49. The number of hydrogen-bond acceptors (Lipinski definition) is 7. The van der Waals surface area contributed by atoms with Crippen molar-refractivity contribution in [2.45, 2.75) is 18.8 Å². The Labute approximate surface area is 176 Å². The van der Waals surface area contributed by atoms with Gasteiger partial charge in [-0.05, 0) is 47.9 Å². The zero-order chi connectivity index (χ0) is 22.4. The van der Waals surface area contributed by atoms with Gasteiger partial charge in [-0.1, -0.05) is 0 Å². The highest BCUT2D eigenvalue weighted by atomic mass is 16.6. The summed E-state index contributed by atoms with van der Waals surface area (Å²) >= 11 is 0. The molecule has 3 aromatic rings. The lowest BCUT2D eigenvalue weighted by Gasteiger charge is -2.16. The van der Waals surface area contributed by atoms with Gasteiger partial charge in [0.2, 0.25) is 0 Å². The number of nitro groups is 2. The molecular formula is C22H17N3O6. The van der Waals surface area contributed by atoms with Crippen LogP contribution in [-0.2, 0) is 0 Å². The number of Topliss-reactive ketones (excluding diaryl/α,β-unsaturated/α-hetero) is 2. The van der Waals surface area contributed by atoms with E-state index in [0.29, 0.717) is 11.1 Å². The maximum atomic E-state index is 12.8. The highest BCUT2D eigenvalue weighted by molar-refractivity contribution is 5.99. The first-order chi connectivity index (χ1) is 14.8. The first kappa shape index (κ1) is 21.4. The van der Waals surface area contributed by atoms with Crippen molar-refractivity contribution in [2.75, 3.05) is 0 Å². The van der Waals surface area contributed by atoms with Gasteiger partial charge in [-0.25, -0.2) is 0 Å². The number of pyridine rings is 1. The zero-order valence-corrected chi connectivity index (χ0v) is 16.2. The fourth-order valence-corrected chi connectivity index (χ4v) is 3.16. The van der Waals surface area contributed by atoms with Gasteiger partial charge in [0.05, 0.1) is 9.85 Å². The largest absolute Gasteiger partial charge is 0.294 e. The van der Waals surface area contributed by atoms with Crippen molar-refractivity contribution in [1.29, 1.82) is 0 Å². The van der Waals surface area contributed by atoms with Crippen molar-refractivity contribution >= 4 is 22.9 Å². The molecule has 0 N–H and O–H groups in total. The lowest BCUT2D eigenvalue weighted by molar-refractivity contribution is -0.385. The lowest BCUT2D eigenvalue weighted by Crippen LogP contribution is -2.13. The Bertz CT molecular complexity index is 1040. The third-order valence-corrected chi connectivity index (χ3v) is 4.84. The number of nitro benzene ring substituents is 2. The van der Waals surface area contributed by atoms with Crippen LogP contribution in [0.25, 0.3) is 0 Å². The minimum Gasteiger partial charge on any atom is -0.294 e. The van der Waals surface area contributed by atoms with Crippen LogP contribution in [0.1, 0.15) is 45.0 Å². The minimum atomic E-state index is -0.545. The summed E-state index contributed by atoms with van der Waals surface area (Å²) in [6.45, 7) is 0. The van der Waals surface area contributed by atoms with Gasteiger partial charge >= 0.3 is 0 Å². The third kappa shape index (κ3) is 5.41. The number of rotatable bonds is 9. The van der Waals surface area contributed by atoms with Gasteiger partial charge in [-0.3, -0.25) is 34.8 Å². The molecule has 156 valence electrons. The number of non-ortho nitro benzene ring substituents is 2. The molecule has 0 spiro atoms. The van der Waals surface area contributed by atoms with E-state index >= 15 is 0 Å². The van der Waals surface area contributed by atoms with E-state index in [0.717, 1.165) is 5.56 Å². The van der Waals surface area contributed by atoms with Gasteiger partial charge in [-0.2, -0.15) is 0 Å². The summed E-state index contributed by atoms with van der Waals surface area (Å²) in [5.41, 5.74) is 1.14. The van der Waals surface area contributed by atoms with E-state index in [1.54, 1.807) is 24.5 Å². The molecule has 3 rings (SSSR count). The topological polar surface area (TPSA) is 133 Å². The van der Waals surface area contributed by atoms with Crippen LogP contribution < -0.4 is 0 Å². The Hall–Kier alpha value is -4.27. The molecule has 0 fully saturated rings. The molecule has 0 aliphatic carbocycles. The SMILES string of the molecule is O=C(CC(CC(=O)c1ccc([N+](=O)[O-])cc1)c1ccncc1)c1ccc([N+](=O)[O-])cc1. The highest BCUT2D eigenvalue weighted by Crippen LogP contribution is 2.28. The molecule has 0 atom stereocenters. The predicted molar refractivity (Wildman–Crippen MR) is 111 cm³/mol. The number of nitrogens with zero attached hydrogens (tertiary/aromatic N) is 3. The Balaban J connectivity index is 1.80. The van der Waals surface area contributed by atoms with Crippen LogP contribution in [0.5, 0.6) is 0 Å². The molecule has 0 aliphatic heterocycles. The van der Waals surface area contributed by atoms with E-state index in [-0.39, 0.29) is 35.8 Å². The summed E-state index contributed by atoms with van der Waals surface area (Å²) in [5, 5.41) is 21.6. The zero-order valence-electron chi connectivity index (χ0n) is 16.2. The summed E-state index contributed by atoms with van der Waals surface area (Å²) in [4.78, 5) is 50.0. The maximum absolute atomic E-state index is 12.8. The Morgan fingerprint density at radius 3 is 1.45 bits per heavy atom. The third-order valence-electron chi connectivity index (χ3n) is 4.84. The number of carbonyl (C=O) groups is 2. The van der Waals surface area contributed by atoms with Crippen LogP contribution in [-0.4, -0.2) is 26.4 Å². The Morgan fingerprint density at radius 2 is 1.10 bits per heavy atom. The molecule has 1 aromatic heterocycles. The van der Waals surface area contributed by atoms with Crippen LogP contribution in [0.3, 0.4) is 0 Å². The standard InChI is InChI=1S/C22H17N3O6/c26-21(16-1-5-19(6-2-16)24(28)29)13-18(15-9-11-23-12-10-15)14-22(27)17-3-7-20(8-4-17)25(30)31/h1-12,18H,13-14H2. The van der Waals surface area contributed by atoms with Crippen LogP contribution in [0.2, 0.25) is 0 Å². The molecule has 0 amide bonds. The van der Waals surface area contributed by atoms with Crippen molar-refractivity contribution in [2.24, 2.45) is 0 Å². The first-order valence-electron chi connectivity index (χ1n) is 9.30. The van der Waals surface area contributed by atoms with Crippen molar-refractivity contribution in [3.8, 4) is 0 Å². The van der Waals surface area contributed by atoms with Crippen molar-refractivity contribution in [3.05, 3.63) is 110 Å². The Morgan fingerprint density at radius 1 is 0.710 bits per heavy atom. The van der Waals surface area contributed by atoms with Crippen LogP contribution >= 0.6 is 0 Å². The number of aromatic nitrogens is 1. The molecule has 0 saturated heterocycles. The molecule has 0 radical (unpaired) electrons. The summed E-state index contributed by atoms with van der Waals surface area (Å²) in [7, 11) is 0. The van der Waals surface area contributed by atoms with Gasteiger partial charge in [0.15, 0.2) is 11.6 Å². The number of hydrogen-bond donors (Lipinski definition) is 0. The van der Waals surface area contributed by atoms with Gasteiger partial charge in [0, 0.05) is 60.6 Å². The summed E-state index contributed by atoms with van der Waals surface area (Å²) in [6.07, 6.45) is 3.16. The molecule has 0 aliphatic rings. The summed E-state index contributed by atoms with van der Waals surface area (Å²) in [5.74, 6) is -0.963. The fourth-order valence-electron chi connectivity index (χ4n) is 3.16. The average molecular weight is 419 g/mol. The van der Waals surface area contributed by atoms with E-state index < -0.39 is 15.8 Å². The number of carbonyl (C=O) groups excluding carboxylic acids is 2. The quantitative estimate of drug-likeness (QED) is 0.283. The fraction of sp³-hybridized carbons (Fsp3) is 0.136. The lowest BCUT2D eigenvalue weighted by atomic mass is 9.86. The summed E-state index contributed by atoms with van der Waals surface area (Å²) < 4.78 is 0. The van der Waals surface area contributed by atoms with Crippen LogP contribution in [0.15, 0.2) is 73.1 Å². The van der Waals surface area contributed by atoms with Crippen LogP contribution in [0.4, 0.5) is 11.4 Å². The average Bonchev–Trinajstić information content (AvgIpc) is 2.79. The molecule has 0 saturated carbocycles.